The fraction of sp³-hybridized carbons (Fsp3) is 0.444. The van der Waals surface area contributed by atoms with Crippen LogP contribution in [0, 0.1) is 9.49 Å². The van der Waals surface area contributed by atoms with Gasteiger partial charge >= 0.3 is 5.97 Å². The summed E-state index contributed by atoms with van der Waals surface area (Å²) < 4.78 is 11.3. The van der Waals surface area contributed by atoms with Gasteiger partial charge in [0, 0.05) is 33.7 Å². The van der Waals surface area contributed by atoms with E-state index in [9.17, 15) is 9.59 Å². The lowest BCUT2D eigenvalue weighted by molar-refractivity contribution is 0.0524. The van der Waals surface area contributed by atoms with Gasteiger partial charge in [-0.05, 0) is 53.1 Å². The number of carbonyl (C=O) groups excluding carboxylic acids is 1. The second-order valence-corrected chi connectivity index (χ2v) is 7.14. The Morgan fingerprint density at radius 1 is 1.33 bits per heavy atom. The monoisotopic (exact) mass is 443 g/mol. The maximum Gasteiger partial charge on any atom is 0.343 e. The van der Waals surface area contributed by atoms with Crippen LogP contribution in [0.3, 0.4) is 0 Å². The SMILES string of the molecule is CCOC(=O)c1c[nH]c2cc(C(COC)C(C)C)c(I)cc2c1=O. The number of aromatic amines is 1. The second-order valence-electron chi connectivity index (χ2n) is 5.98. The first-order valence-electron chi connectivity index (χ1n) is 7.91. The molecule has 1 unspecified atom stereocenters. The van der Waals surface area contributed by atoms with Crippen molar-refractivity contribution in [3.63, 3.8) is 0 Å². The van der Waals surface area contributed by atoms with E-state index in [0.717, 1.165) is 9.13 Å². The van der Waals surface area contributed by atoms with Gasteiger partial charge in [0.1, 0.15) is 5.56 Å². The lowest BCUT2D eigenvalue weighted by Gasteiger charge is -2.22. The lowest BCUT2D eigenvalue weighted by atomic mass is 9.88. The number of methoxy groups -OCH3 is 1. The van der Waals surface area contributed by atoms with E-state index in [0.29, 0.717) is 23.4 Å². The maximum atomic E-state index is 12.6. The topological polar surface area (TPSA) is 68.4 Å². The summed E-state index contributed by atoms with van der Waals surface area (Å²) in [6.45, 7) is 6.86. The van der Waals surface area contributed by atoms with Gasteiger partial charge in [0.2, 0.25) is 5.43 Å². The van der Waals surface area contributed by atoms with E-state index in [1.807, 2.05) is 12.1 Å². The Kier molecular flexibility index (Phi) is 6.40. The van der Waals surface area contributed by atoms with Gasteiger partial charge in [-0.15, -0.1) is 0 Å². The van der Waals surface area contributed by atoms with E-state index in [2.05, 4.69) is 41.4 Å². The molecule has 130 valence electrons. The number of fused-ring (bicyclic) bond motifs is 1. The third kappa shape index (κ3) is 3.80. The number of esters is 1. The summed E-state index contributed by atoms with van der Waals surface area (Å²) in [5, 5.41) is 0.494. The highest BCUT2D eigenvalue weighted by Crippen LogP contribution is 2.31. The number of ether oxygens (including phenoxy) is 2. The Bertz CT molecular complexity index is 797. The molecule has 0 saturated carbocycles. The smallest absolute Gasteiger partial charge is 0.343 e. The van der Waals surface area contributed by atoms with Crippen molar-refractivity contribution in [1.82, 2.24) is 4.98 Å². The van der Waals surface area contributed by atoms with Gasteiger partial charge in [0.05, 0.1) is 13.2 Å². The van der Waals surface area contributed by atoms with E-state index in [1.54, 1.807) is 14.0 Å². The fourth-order valence-electron chi connectivity index (χ4n) is 2.72. The van der Waals surface area contributed by atoms with Crippen LogP contribution < -0.4 is 5.43 Å². The second kappa shape index (κ2) is 8.11. The Labute approximate surface area is 154 Å². The number of hydrogen-bond acceptors (Lipinski definition) is 4. The van der Waals surface area contributed by atoms with Crippen molar-refractivity contribution in [3.05, 3.63) is 43.2 Å². The van der Waals surface area contributed by atoms with Gasteiger partial charge in [0.15, 0.2) is 0 Å². The van der Waals surface area contributed by atoms with Gasteiger partial charge in [-0.25, -0.2) is 4.79 Å². The molecular weight excluding hydrogens is 421 g/mol. The summed E-state index contributed by atoms with van der Waals surface area (Å²) in [4.78, 5) is 27.5. The van der Waals surface area contributed by atoms with Crippen molar-refractivity contribution in [2.75, 3.05) is 20.3 Å². The van der Waals surface area contributed by atoms with Crippen molar-refractivity contribution < 1.29 is 14.3 Å². The van der Waals surface area contributed by atoms with E-state index < -0.39 is 5.97 Å². The molecule has 0 saturated heterocycles. The molecule has 24 heavy (non-hydrogen) atoms. The van der Waals surface area contributed by atoms with Crippen LogP contribution in [-0.2, 0) is 9.47 Å². The van der Waals surface area contributed by atoms with Crippen molar-refractivity contribution >= 4 is 39.5 Å². The molecule has 1 heterocycles. The summed E-state index contributed by atoms with van der Waals surface area (Å²) in [5.41, 5.74) is 1.58. The average molecular weight is 443 g/mol. The van der Waals surface area contributed by atoms with E-state index in [1.165, 1.54) is 6.20 Å². The number of carbonyl (C=O) groups is 1. The summed E-state index contributed by atoms with van der Waals surface area (Å²) in [6.07, 6.45) is 1.43. The number of halogens is 1. The standard InChI is InChI=1S/C18H22INO4/c1-5-24-18(22)13-8-20-16-7-11(14(9-23-4)10(2)3)15(19)6-12(16)17(13)21/h6-8,10,14H,5,9H2,1-4H3,(H,20,21). The van der Waals surface area contributed by atoms with Gasteiger partial charge in [0.25, 0.3) is 0 Å². The summed E-state index contributed by atoms with van der Waals surface area (Å²) in [5.74, 6) is 0.0418. The molecule has 6 heteroatoms. The highest BCUT2D eigenvalue weighted by Gasteiger charge is 2.21. The minimum absolute atomic E-state index is 0.0326. The Hall–Kier alpha value is -1.41. The molecule has 2 aromatic rings. The largest absolute Gasteiger partial charge is 0.462 e. The average Bonchev–Trinajstić information content (AvgIpc) is 2.53. The van der Waals surface area contributed by atoms with Crippen LogP contribution in [0.15, 0.2) is 23.1 Å². The molecule has 0 aliphatic carbocycles. The van der Waals surface area contributed by atoms with Crippen molar-refractivity contribution in [2.24, 2.45) is 5.92 Å². The number of nitrogens with one attached hydrogen (secondary N) is 1. The van der Waals surface area contributed by atoms with Gasteiger partial charge < -0.3 is 14.5 Å². The lowest BCUT2D eigenvalue weighted by Crippen LogP contribution is -2.19. The molecule has 1 N–H and O–H groups in total. The molecular formula is C18H22INO4. The molecule has 0 radical (unpaired) electrons. The molecule has 0 fully saturated rings. The van der Waals surface area contributed by atoms with Crippen LogP contribution in [0.1, 0.15) is 42.6 Å². The number of aromatic nitrogens is 1. The summed E-state index contributed by atoms with van der Waals surface area (Å²) >= 11 is 2.23. The molecule has 2 rings (SSSR count). The van der Waals surface area contributed by atoms with Crippen LogP contribution in [0.25, 0.3) is 10.9 Å². The number of rotatable bonds is 6. The molecule has 0 aliphatic heterocycles. The number of hydrogen-bond donors (Lipinski definition) is 1. The summed E-state index contributed by atoms with van der Waals surface area (Å²) in [6, 6.07) is 3.81. The first kappa shape index (κ1) is 18.9. The van der Waals surface area contributed by atoms with E-state index >= 15 is 0 Å². The van der Waals surface area contributed by atoms with Crippen LogP contribution in [0.5, 0.6) is 0 Å². The number of benzene rings is 1. The third-order valence-electron chi connectivity index (χ3n) is 4.04. The van der Waals surface area contributed by atoms with Crippen molar-refractivity contribution in [2.45, 2.75) is 26.7 Å². The van der Waals surface area contributed by atoms with Crippen molar-refractivity contribution in [3.8, 4) is 0 Å². The first-order valence-corrected chi connectivity index (χ1v) is 8.99. The quantitative estimate of drug-likeness (QED) is 0.546. The molecule has 0 spiro atoms. The Morgan fingerprint density at radius 3 is 2.62 bits per heavy atom. The molecule has 5 nitrogen and oxygen atoms in total. The van der Waals surface area contributed by atoms with Crippen LogP contribution in [-0.4, -0.2) is 31.3 Å². The molecule has 1 aromatic heterocycles. The fourth-order valence-corrected chi connectivity index (χ4v) is 3.59. The van der Waals surface area contributed by atoms with Crippen LogP contribution in [0.4, 0.5) is 0 Å². The molecule has 0 bridgehead atoms. The zero-order valence-corrected chi connectivity index (χ0v) is 16.5. The Balaban J connectivity index is 2.59. The molecule has 1 aromatic carbocycles. The first-order chi connectivity index (χ1) is 11.4. The summed E-state index contributed by atoms with van der Waals surface area (Å²) in [7, 11) is 1.69. The Morgan fingerprint density at radius 2 is 2.04 bits per heavy atom. The van der Waals surface area contributed by atoms with Crippen LogP contribution >= 0.6 is 22.6 Å². The zero-order chi connectivity index (χ0) is 17.9. The minimum Gasteiger partial charge on any atom is -0.462 e. The van der Waals surface area contributed by atoms with Crippen molar-refractivity contribution in [1.29, 1.82) is 0 Å². The number of H-pyrrole nitrogens is 1. The van der Waals surface area contributed by atoms with Gasteiger partial charge in [-0.3, -0.25) is 4.79 Å². The van der Waals surface area contributed by atoms with Crippen LogP contribution in [0.2, 0.25) is 0 Å². The normalized spacial score (nSPS) is 12.6. The van der Waals surface area contributed by atoms with Gasteiger partial charge in [-0.2, -0.15) is 0 Å². The minimum atomic E-state index is -0.598. The maximum absolute atomic E-state index is 12.6. The molecule has 0 amide bonds. The van der Waals surface area contributed by atoms with E-state index in [-0.39, 0.29) is 23.5 Å². The van der Waals surface area contributed by atoms with Gasteiger partial charge in [-0.1, -0.05) is 13.8 Å². The molecule has 1 atom stereocenters. The highest BCUT2D eigenvalue weighted by atomic mass is 127. The predicted octanol–water partition coefficient (Wildman–Crippen LogP) is 3.70. The third-order valence-corrected chi connectivity index (χ3v) is 4.98. The highest BCUT2D eigenvalue weighted by molar-refractivity contribution is 14.1. The predicted molar refractivity (Wildman–Crippen MR) is 103 cm³/mol. The van der Waals surface area contributed by atoms with E-state index in [4.69, 9.17) is 9.47 Å². The number of pyridine rings is 1. The molecule has 0 aliphatic rings. The zero-order valence-electron chi connectivity index (χ0n) is 14.3.